The van der Waals surface area contributed by atoms with E-state index >= 15 is 0 Å². The minimum Gasteiger partial charge on any atom is -0.483 e. The molecule has 132 valence electrons. The van der Waals surface area contributed by atoms with Gasteiger partial charge >= 0.3 is 0 Å². The van der Waals surface area contributed by atoms with Gasteiger partial charge in [-0.3, -0.25) is 20.4 Å². The van der Waals surface area contributed by atoms with Crippen molar-refractivity contribution in [1.82, 2.24) is 10.9 Å². The molecule has 2 amide bonds. The molecule has 6 nitrogen and oxygen atoms in total. The van der Waals surface area contributed by atoms with E-state index < -0.39 is 11.8 Å². The van der Waals surface area contributed by atoms with Gasteiger partial charge < -0.3 is 9.47 Å². The monoisotopic (exact) mass is 382 g/mol. The Balaban J connectivity index is 1.70. The summed E-state index contributed by atoms with van der Waals surface area (Å²) in [7, 11) is 0. The molecule has 0 aromatic heterocycles. The van der Waals surface area contributed by atoms with Crippen LogP contribution in [0.4, 0.5) is 0 Å². The topological polar surface area (TPSA) is 76.7 Å². The van der Waals surface area contributed by atoms with Crippen LogP contribution in [0.2, 0.25) is 10.0 Å². The number of amides is 2. The van der Waals surface area contributed by atoms with Gasteiger partial charge in [-0.25, -0.2) is 0 Å². The number of carbonyl (C=O) groups is 2. The quantitative estimate of drug-likeness (QED) is 0.753. The lowest BCUT2D eigenvalue weighted by Crippen LogP contribution is -2.45. The van der Waals surface area contributed by atoms with Crippen molar-refractivity contribution in [2.75, 3.05) is 13.2 Å². The lowest BCUT2D eigenvalue weighted by molar-refractivity contribution is -0.131. The summed E-state index contributed by atoms with van der Waals surface area (Å²) < 4.78 is 10.6. The Morgan fingerprint density at radius 3 is 2.12 bits per heavy atom. The van der Waals surface area contributed by atoms with Crippen LogP contribution < -0.4 is 20.3 Å². The van der Waals surface area contributed by atoms with Crippen LogP contribution in [0.1, 0.15) is 5.56 Å². The van der Waals surface area contributed by atoms with Gasteiger partial charge in [-0.15, -0.1) is 0 Å². The van der Waals surface area contributed by atoms with Crippen molar-refractivity contribution >= 4 is 35.0 Å². The van der Waals surface area contributed by atoms with E-state index in [0.29, 0.717) is 16.5 Å². The lowest BCUT2D eigenvalue weighted by atomic mass is 10.2. The van der Waals surface area contributed by atoms with Crippen molar-refractivity contribution in [3.63, 3.8) is 0 Å². The fourth-order valence-electron chi connectivity index (χ4n) is 1.81. The molecule has 2 rings (SSSR count). The highest BCUT2D eigenvalue weighted by atomic mass is 35.5. The molecular formula is C17H16Cl2N2O4. The van der Waals surface area contributed by atoms with E-state index in [9.17, 15) is 9.59 Å². The van der Waals surface area contributed by atoms with Crippen LogP contribution in [0.15, 0.2) is 42.5 Å². The summed E-state index contributed by atoms with van der Waals surface area (Å²) in [6.45, 7) is 1.32. The van der Waals surface area contributed by atoms with Crippen molar-refractivity contribution in [1.29, 1.82) is 0 Å². The summed E-state index contributed by atoms with van der Waals surface area (Å²) in [4.78, 5) is 23.3. The number of para-hydroxylation sites is 1. The van der Waals surface area contributed by atoms with Crippen LogP contribution in [0.25, 0.3) is 0 Å². The maximum absolute atomic E-state index is 11.7. The molecule has 0 spiro atoms. The molecule has 0 heterocycles. The Kier molecular flexibility index (Phi) is 6.91. The standard InChI is InChI=1S/C17H16Cl2N2O4/c1-11-4-2-3-5-14(11)24-9-16(22)20-21-17(23)10-25-15-7-6-12(18)8-13(15)19/h2-8H,9-10H2,1H3,(H,20,22)(H,21,23). The second kappa shape index (κ2) is 9.15. The van der Waals surface area contributed by atoms with Gasteiger partial charge in [0, 0.05) is 5.02 Å². The first-order valence-electron chi connectivity index (χ1n) is 7.29. The SMILES string of the molecule is Cc1ccccc1OCC(=O)NNC(=O)COc1ccc(Cl)cc1Cl. The second-order valence-corrected chi connectivity index (χ2v) is 5.86. The second-order valence-electron chi connectivity index (χ2n) is 5.01. The number of benzene rings is 2. The van der Waals surface area contributed by atoms with Gasteiger partial charge in [0.25, 0.3) is 11.8 Å². The van der Waals surface area contributed by atoms with Gasteiger partial charge in [0.15, 0.2) is 13.2 Å². The Bertz CT molecular complexity index is 768. The van der Waals surface area contributed by atoms with Crippen LogP contribution in [-0.2, 0) is 9.59 Å². The van der Waals surface area contributed by atoms with Crippen LogP contribution >= 0.6 is 23.2 Å². The van der Waals surface area contributed by atoms with E-state index in [2.05, 4.69) is 10.9 Å². The third kappa shape index (κ3) is 6.17. The molecule has 0 bridgehead atoms. The Morgan fingerprint density at radius 2 is 1.52 bits per heavy atom. The molecule has 0 unspecified atom stereocenters. The summed E-state index contributed by atoms with van der Waals surface area (Å²) in [5.74, 6) is -0.128. The first-order valence-corrected chi connectivity index (χ1v) is 8.05. The molecule has 0 aliphatic heterocycles. The largest absolute Gasteiger partial charge is 0.483 e. The smallest absolute Gasteiger partial charge is 0.276 e. The molecule has 2 N–H and O–H groups in total. The summed E-state index contributed by atoms with van der Waals surface area (Å²) in [5.41, 5.74) is 5.37. The Hall–Kier alpha value is -2.44. The van der Waals surface area contributed by atoms with E-state index in [0.717, 1.165) is 5.56 Å². The number of rotatable bonds is 6. The average molecular weight is 383 g/mol. The number of hydrogen-bond acceptors (Lipinski definition) is 4. The van der Waals surface area contributed by atoms with E-state index in [-0.39, 0.29) is 18.2 Å². The normalized spacial score (nSPS) is 10.0. The van der Waals surface area contributed by atoms with Crippen LogP contribution in [0.5, 0.6) is 11.5 Å². The first kappa shape index (κ1) is 18.9. The Morgan fingerprint density at radius 1 is 0.920 bits per heavy atom. The highest BCUT2D eigenvalue weighted by molar-refractivity contribution is 6.35. The summed E-state index contributed by atoms with van der Waals surface area (Å²) in [6, 6.07) is 11.9. The van der Waals surface area contributed by atoms with E-state index in [4.69, 9.17) is 32.7 Å². The van der Waals surface area contributed by atoms with Gasteiger partial charge in [-0.1, -0.05) is 41.4 Å². The van der Waals surface area contributed by atoms with Crippen molar-refractivity contribution in [3.05, 3.63) is 58.1 Å². The summed E-state index contributed by atoms with van der Waals surface area (Å²) in [5, 5.41) is 0.749. The molecule has 0 atom stereocenters. The van der Waals surface area contributed by atoms with Crippen molar-refractivity contribution < 1.29 is 19.1 Å². The van der Waals surface area contributed by atoms with Gasteiger partial charge in [0.1, 0.15) is 11.5 Å². The van der Waals surface area contributed by atoms with Crippen LogP contribution in [0, 0.1) is 6.92 Å². The fourth-order valence-corrected chi connectivity index (χ4v) is 2.27. The number of nitrogens with one attached hydrogen (secondary N) is 2. The molecule has 2 aromatic carbocycles. The highest BCUT2D eigenvalue weighted by Crippen LogP contribution is 2.27. The van der Waals surface area contributed by atoms with Crippen LogP contribution in [-0.4, -0.2) is 25.0 Å². The molecule has 0 saturated carbocycles. The number of aryl methyl sites for hydroxylation is 1. The van der Waals surface area contributed by atoms with E-state index in [1.807, 2.05) is 19.1 Å². The molecule has 0 radical (unpaired) electrons. The summed E-state index contributed by atoms with van der Waals surface area (Å²) in [6.07, 6.45) is 0. The molecule has 0 aliphatic rings. The predicted octanol–water partition coefficient (Wildman–Crippen LogP) is 2.91. The fraction of sp³-hybridized carbons (Fsp3) is 0.176. The maximum atomic E-state index is 11.7. The highest BCUT2D eigenvalue weighted by Gasteiger charge is 2.09. The van der Waals surface area contributed by atoms with Gasteiger partial charge in [-0.2, -0.15) is 0 Å². The van der Waals surface area contributed by atoms with Gasteiger partial charge in [0.05, 0.1) is 5.02 Å². The zero-order valence-electron chi connectivity index (χ0n) is 13.3. The number of hydrogen-bond donors (Lipinski definition) is 2. The minimum absolute atomic E-state index is 0.227. The molecule has 2 aromatic rings. The maximum Gasteiger partial charge on any atom is 0.276 e. The van der Waals surface area contributed by atoms with Crippen molar-refractivity contribution in [2.45, 2.75) is 6.92 Å². The minimum atomic E-state index is -0.546. The van der Waals surface area contributed by atoms with Crippen LogP contribution in [0.3, 0.4) is 0 Å². The van der Waals surface area contributed by atoms with E-state index in [1.165, 1.54) is 6.07 Å². The number of carbonyl (C=O) groups excluding carboxylic acids is 2. The third-order valence-electron chi connectivity index (χ3n) is 3.05. The molecule has 0 fully saturated rings. The van der Waals surface area contributed by atoms with Gasteiger partial charge in [-0.05, 0) is 36.8 Å². The lowest BCUT2D eigenvalue weighted by Gasteiger charge is -2.11. The number of ether oxygens (including phenoxy) is 2. The number of halogens is 2. The Labute approximate surface area is 155 Å². The van der Waals surface area contributed by atoms with Crippen molar-refractivity contribution in [2.24, 2.45) is 0 Å². The van der Waals surface area contributed by atoms with Gasteiger partial charge in [0.2, 0.25) is 0 Å². The molecule has 0 aliphatic carbocycles. The summed E-state index contributed by atoms with van der Waals surface area (Å²) >= 11 is 11.7. The van der Waals surface area contributed by atoms with Crippen molar-refractivity contribution in [3.8, 4) is 11.5 Å². The molecular weight excluding hydrogens is 367 g/mol. The third-order valence-corrected chi connectivity index (χ3v) is 3.58. The zero-order chi connectivity index (χ0) is 18.2. The molecule has 8 heteroatoms. The predicted molar refractivity (Wildman–Crippen MR) is 94.9 cm³/mol. The average Bonchev–Trinajstić information content (AvgIpc) is 2.58. The number of hydrazine groups is 1. The first-order chi connectivity index (χ1) is 12.0. The zero-order valence-corrected chi connectivity index (χ0v) is 14.9. The molecule has 25 heavy (non-hydrogen) atoms. The molecule has 0 saturated heterocycles. The van der Waals surface area contributed by atoms with E-state index in [1.54, 1.807) is 24.3 Å².